The second-order valence-electron chi connectivity index (χ2n) is 6.56. The van der Waals surface area contributed by atoms with Gasteiger partial charge in [0.05, 0.1) is 22.3 Å². The average Bonchev–Trinajstić information content (AvgIpc) is 3.33. The van der Waals surface area contributed by atoms with Gasteiger partial charge in [-0.15, -0.1) is 21.5 Å². The number of thiazole rings is 1. The Bertz CT molecular complexity index is 1050. The summed E-state index contributed by atoms with van der Waals surface area (Å²) >= 11 is 1.68. The first kappa shape index (κ1) is 15.6. The summed E-state index contributed by atoms with van der Waals surface area (Å²) in [6, 6.07) is 10.9. The van der Waals surface area contributed by atoms with Crippen LogP contribution in [0.4, 0.5) is 0 Å². The van der Waals surface area contributed by atoms with Crippen molar-refractivity contribution in [3.05, 3.63) is 59.6 Å². The fourth-order valence-corrected chi connectivity index (χ4v) is 4.22. The molecule has 1 unspecified atom stereocenters. The van der Waals surface area contributed by atoms with E-state index in [9.17, 15) is 0 Å². The molecule has 1 aliphatic heterocycles. The molecule has 1 aromatic carbocycles. The molecule has 4 aromatic rings. The van der Waals surface area contributed by atoms with Crippen molar-refractivity contribution < 1.29 is 0 Å². The number of nitrogens with zero attached hydrogens (tertiary/aromatic N) is 6. The van der Waals surface area contributed by atoms with Crippen molar-refractivity contribution in [1.82, 2.24) is 29.6 Å². The largest absolute Gasteiger partial charge is 0.309 e. The monoisotopic (exact) mass is 362 g/mol. The van der Waals surface area contributed by atoms with E-state index in [2.05, 4.69) is 54.8 Å². The highest BCUT2D eigenvalue weighted by molar-refractivity contribution is 7.16. The van der Waals surface area contributed by atoms with Crippen molar-refractivity contribution in [2.45, 2.75) is 26.1 Å². The third kappa shape index (κ3) is 2.60. The van der Waals surface area contributed by atoms with Crippen molar-refractivity contribution in [1.29, 1.82) is 0 Å². The lowest BCUT2D eigenvalue weighted by Gasteiger charge is -2.33. The van der Waals surface area contributed by atoms with Gasteiger partial charge in [-0.3, -0.25) is 9.88 Å². The van der Waals surface area contributed by atoms with Gasteiger partial charge in [-0.05, 0) is 36.8 Å². The van der Waals surface area contributed by atoms with Gasteiger partial charge in [0, 0.05) is 37.1 Å². The van der Waals surface area contributed by atoms with Gasteiger partial charge in [0.1, 0.15) is 5.82 Å². The topological polar surface area (TPSA) is 59.7 Å². The number of aromatic nitrogens is 5. The molecule has 0 saturated heterocycles. The van der Waals surface area contributed by atoms with Gasteiger partial charge in [0.25, 0.3) is 0 Å². The highest BCUT2D eigenvalue weighted by Crippen LogP contribution is 2.29. The lowest BCUT2D eigenvalue weighted by atomic mass is 10.1. The van der Waals surface area contributed by atoms with Crippen LogP contribution in [-0.2, 0) is 13.1 Å². The van der Waals surface area contributed by atoms with Crippen molar-refractivity contribution in [3.63, 3.8) is 0 Å². The van der Waals surface area contributed by atoms with Crippen LogP contribution in [0.5, 0.6) is 0 Å². The van der Waals surface area contributed by atoms with E-state index in [1.807, 2.05) is 23.8 Å². The van der Waals surface area contributed by atoms with Gasteiger partial charge in [-0.2, -0.15) is 0 Å². The quantitative estimate of drug-likeness (QED) is 0.558. The Balaban J connectivity index is 1.41. The first-order chi connectivity index (χ1) is 12.8. The van der Waals surface area contributed by atoms with E-state index < -0.39 is 0 Å². The summed E-state index contributed by atoms with van der Waals surface area (Å²) in [5.41, 5.74) is 5.30. The Morgan fingerprint density at radius 2 is 2.12 bits per heavy atom. The number of hydrogen-bond acceptors (Lipinski definition) is 6. The van der Waals surface area contributed by atoms with Crippen LogP contribution in [0.15, 0.2) is 48.2 Å². The molecule has 130 valence electrons. The fraction of sp³-hybridized carbons (Fsp3) is 0.263. The van der Waals surface area contributed by atoms with Crippen LogP contribution in [-0.4, -0.2) is 36.2 Å². The molecule has 0 fully saturated rings. The first-order valence-electron chi connectivity index (χ1n) is 8.69. The van der Waals surface area contributed by atoms with Gasteiger partial charge in [-0.1, -0.05) is 6.07 Å². The van der Waals surface area contributed by atoms with Crippen LogP contribution in [0.2, 0.25) is 0 Å². The van der Waals surface area contributed by atoms with E-state index in [1.54, 1.807) is 17.5 Å². The summed E-state index contributed by atoms with van der Waals surface area (Å²) < 4.78 is 3.45. The molecule has 3 aromatic heterocycles. The van der Waals surface area contributed by atoms with Crippen LogP contribution in [0.25, 0.3) is 21.6 Å². The molecule has 26 heavy (non-hydrogen) atoms. The Morgan fingerprint density at radius 3 is 3.00 bits per heavy atom. The number of pyridine rings is 1. The van der Waals surface area contributed by atoms with Crippen LogP contribution in [0.1, 0.15) is 24.4 Å². The first-order valence-corrected chi connectivity index (χ1v) is 9.57. The van der Waals surface area contributed by atoms with Gasteiger partial charge < -0.3 is 4.57 Å². The highest BCUT2D eigenvalue weighted by atomic mass is 32.1. The van der Waals surface area contributed by atoms with Crippen molar-refractivity contribution in [3.8, 4) is 11.4 Å². The second kappa shape index (κ2) is 6.26. The standard InChI is InChI=1S/C19H18N6S/c1-13(14-4-5-17-16(9-14)21-12-26-17)24-7-8-25-18(11-24)22-23-19(25)15-3-2-6-20-10-15/h2-6,9-10,12-13H,7-8,11H2,1H3. The van der Waals surface area contributed by atoms with Crippen LogP contribution in [0.3, 0.4) is 0 Å². The third-order valence-corrected chi connectivity index (χ3v) is 5.90. The minimum absolute atomic E-state index is 0.313. The maximum atomic E-state index is 4.45. The molecule has 0 radical (unpaired) electrons. The number of benzene rings is 1. The molecule has 6 nitrogen and oxygen atoms in total. The van der Waals surface area contributed by atoms with Crippen molar-refractivity contribution >= 4 is 21.6 Å². The van der Waals surface area contributed by atoms with Gasteiger partial charge in [-0.25, -0.2) is 4.98 Å². The number of fused-ring (bicyclic) bond motifs is 2. The van der Waals surface area contributed by atoms with Crippen molar-refractivity contribution in [2.24, 2.45) is 0 Å². The molecule has 1 atom stereocenters. The minimum Gasteiger partial charge on any atom is -0.309 e. The van der Waals surface area contributed by atoms with Gasteiger partial charge in [0.2, 0.25) is 0 Å². The Hall–Kier alpha value is -2.64. The lowest BCUT2D eigenvalue weighted by Crippen LogP contribution is -2.35. The van der Waals surface area contributed by atoms with E-state index in [-0.39, 0.29) is 0 Å². The zero-order valence-corrected chi connectivity index (χ0v) is 15.2. The third-order valence-electron chi connectivity index (χ3n) is 5.09. The summed E-state index contributed by atoms with van der Waals surface area (Å²) in [5.74, 6) is 1.92. The summed E-state index contributed by atoms with van der Waals surface area (Å²) in [6.45, 7) is 4.90. The predicted octanol–water partition coefficient (Wildman–Crippen LogP) is 3.53. The summed E-state index contributed by atoms with van der Waals surface area (Å²) in [7, 11) is 0. The zero-order valence-electron chi connectivity index (χ0n) is 14.4. The molecule has 1 aliphatic rings. The van der Waals surface area contributed by atoms with E-state index in [0.29, 0.717) is 6.04 Å². The maximum absolute atomic E-state index is 4.45. The van der Waals surface area contributed by atoms with Crippen LogP contribution in [0, 0.1) is 0 Å². The number of rotatable bonds is 3. The minimum atomic E-state index is 0.313. The van der Waals surface area contributed by atoms with E-state index in [4.69, 9.17) is 0 Å². The van der Waals surface area contributed by atoms with E-state index in [0.717, 1.165) is 42.4 Å². The molecule has 4 heterocycles. The zero-order chi connectivity index (χ0) is 17.5. The van der Waals surface area contributed by atoms with Crippen LogP contribution >= 0.6 is 11.3 Å². The molecule has 0 amide bonds. The molecular formula is C19H18N6S. The molecule has 5 rings (SSSR count). The molecule has 0 spiro atoms. The Kier molecular flexibility index (Phi) is 3.76. The molecule has 7 heteroatoms. The fourth-order valence-electron chi connectivity index (χ4n) is 3.56. The second-order valence-corrected chi connectivity index (χ2v) is 7.45. The molecular weight excluding hydrogens is 344 g/mol. The van der Waals surface area contributed by atoms with E-state index in [1.165, 1.54) is 10.3 Å². The normalized spacial score (nSPS) is 15.9. The highest BCUT2D eigenvalue weighted by Gasteiger charge is 2.25. The van der Waals surface area contributed by atoms with Gasteiger partial charge >= 0.3 is 0 Å². The molecule has 0 bridgehead atoms. The smallest absolute Gasteiger partial charge is 0.165 e. The molecule has 0 saturated carbocycles. The Labute approximate surface area is 155 Å². The number of hydrogen-bond donors (Lipinski definition) is 0. The SMILES string of the molecule is CC(c1ccc2scnc2c1)N1CCn2c(nnc2-c2cccnc2)C1. The molecule has 0 N–H and O–H groups in total. The lowest BCUT2D eigenvalue weighted by molar-refractivity contribution is 0.164. The maximum Gasteiger partial charge on any atom is 0.165 e. The Morgan fingerprint density at radius 1 is 1.15 bits per heavy atom. The summed E-state index contributed by atoms with van der Waals surface area (Å²) in [5, 5.41) is 8.84. The van der Waals surface area contributed by atoms with Crippen LogP contribution < -0.4 is 0 Å². The van der Waals surface area contributed by atoms with Gasteiger partial charge in [0.15, 0.2) is 5.82 Å². The summed E-state index contributed by atoms with van der Waals surface area (Å²) in [6.07, 6.45) is 3.62. The average molecular weight is 362 g/mol. The predicted molar refractivity (Wildman–Crippen MR) is 102 cm³/mol. The summed E-state index contributed by atoms with van der Waals surface area (Å²) in [4.78, 5) is 11.1. The molecule has 0 aliphatic carbocycles. The van der Waals surface area contributed by atoms with E-state index >= 15 is 0 Å². The van der Waals surface area contributed by atoms with Crippen molar-refractivity contribution in [2.75, 3.05) is 6.54 Å².